The number of rotatable bonds is 3. The minimum atomic E-state index is -0.880. The van der Waals surface area contributed by atoms with Crippen molar-refractivity contribution in [3.05, 3.63) is 28.8 Å². The van der Waals surface area contributed by atoms with E-state index in [1.165, 1.54) is 0 Å². The Hall–Kier alpha value is -1.97. The lowest BCUT2D eigenvalue weighted by Crippen LogP contribution is -1.99. The van der Waals surface area contributed by atoms with Crippen molar-refractivity contribution in [3.63, 3.8) is 0 Å². The molecule has 0 aromatic heterocycles. The lowest BCUT2D eigenvalue weighted by atomic mass is 10.1. The van der Waals surface area contributed by atoms with Crippen molar-refractivity contribution in [2.24, 2.45) is 0 Å². The summed E-state index contributed by atoms with van der Waals surface area (Å²) in [6.45, 7) is 0. The SMILES string of the molecule is COc1cc2c(cc1OC)CC(C(=O)O)=C2. The Morgan fingerprint density at radius 2 is 1.88 bits per heavy atom. The van der Waals surface area contributed by atoms with Gasteiger partial charge in [-0.2, -0.15) is 0 Å². The minimum absolute atomic E-state index is 0.394. The molecule has 0 saturated carbocycles. The van der Waals surface area contributed by atoms with Crippen LogP contribution in [0.15, 0.2) is 17.7 Å². The van der Waals surface area contributed by atoms with Crippen LogP contribution in [0.3, 0.4) is 0 Å². The Balaban J connectivity index is 2.44. The van der Waals surface area contributed by atoms with E-state index in [0.29, 0.717) is 23.5 Å². The first-order valence-electron chi connectivity index (χ1n) is 4.84. The zero-order valence-corrected chi connectivity index (χ0v) is 9.11. The smallest absolute Gasteiger partial charge is 0.331 e. The molecule has 0 fully saturated rings. The maximum atomic E-state index is 10.8. The number of carboxylic acid groups (broad SMARTS) is 1. The second-order valence-corrected chi connectivity index (χ2v) is 3.56. The van der Waals surface area contributed by atoms with Crippen molar-refractivity contribution >= 4 is 12.0 Å². The molecule has 4 nitrogen and oxygen atoms in total. The molecule has 0 bridgehead atoms. The van der Waals surface area contributed by atoms with E-state index in [1.54, 1.807) is 26.4 Å². The summed E-state index contributed by atoms with van der Waals surface area (Å²) in [5, 5.41) is 8.91. The van der Waals surface area contributed by atoms with E-state index in [1.807, 2.05) is 6.07 Å². The summed E-state index contributed by atoms with van der Waals surface area (Å²) in [4.78, 5) is 10.8. The van der Waals surface area contributed by atoms with E-state index < -0.39 is 5.97 Å². The van der Waals surface area contributed by atoms with Crippen LogP contribution >= 0.6 is 0 Å². The predicted octanol–water partition coefficient (Wildman–Crippen LogP) is 1.73. The highest BCUT2D eigenvalue weighted by Gasteiger charge is 2.20. The highest BCUT2D eigenvalue weighted by Crippen LogP contribution is 2.35. The summed E-state index contributed by atoms with van der Waals surface area (Å²) in [5.41, 5.74) is 2.23. The number of carboxylic acids is 1. The lowest BCUT2D eigenvalue weighted by Gasteiger charge is -2.09. The molecule has 84 valence electrons. The number of ether oxygens (including phenoxy) is 2. The average Bonchev–Trinajstić information content (AvgIpc) is 2.69. The molecule has 4 heteroatoms. The average molecular weight is 220 g/mol. The Morgan fingerprint density at radius 3 is 2.44 bits per heavy atom. The van der Waals surface area contributed by atoms with Crippen molar-refractivity contribution in [2.45, 2.75) is 6.42 Å². The molecule has 1 N–H and O–H groups in total. The molecule has 1 aliphatic carbocycles. The number of aliphatic carboxylic acids is 1. The molecule has 0 unspecified atom stereocenters. The maximum Gasteiger partial charge on any atom is 0.331 e. The van der Waals surface area contributed by atoms with Crippen LogP contribution in [-0.2, 0) is 11.2 Å². The van der Waals surface area contributed by atoms with Gasteiger partial charge < -0.3 is 14.6 Å². The van der Waals surface area contributed by atoms with Crippen LogP contribution < -0.4 is 9.47 Å². The molecule has 1 aromatic rings. The third-order valence-corrected chi connectivity index (χ3v) is 2.63. The number of carbonyl (C=O) groups is 1. The van der Waals surface area contributed by atoms with Crippen LogP contribution in [-0.4, -0.2) is 25.3 Å². The molecule has 16 heavy (non-hydrogen) atoms. The number of methoxy groups -OCH3 is 2. The normalized spacial score (nSPS) is 13.0. The number of benzene rings is 1. The monoisotopic (exact) mass is 220 g/mol. The molecule has 1 aromatic carbocycles. The summed E-state index contributed by atoms with van der Waals surface area (Å²) in [6, 6.07) is 3.62. The van der Waals surface area contributed by atoms with Gasteiger partial charge in [-0.25, -0.2) is 4.79 Å². The Bertz CT molecular complexity index is 474. The molecule has 0 atom stereocenters. The summed E-state index contributed by atoms with van der Waals surface area (Å²) in [6.07, 6.45) is 2.10. The lowest BCUT2D eigenvalue weighted by molar-refractivity contribution is -0.132. The van der Waals surface area contributed by atoms with Gasteiger partial charge in [0.2, 0.25) is 0 Å². The predicted molar refractivity (Wildman–Crippen MR) is 58.9 cm³/mol. The van der Waals surface area contributed by atoms with E-state index in [9.17, 15) is 4.79 Å². The summed E-state index contributed by atoms with van der Waals surface area (Å²) < 4.78 is 10.3. The second kappa shape index (κ2) is 3.89. The van der Waals surface area contributed by atoms with Gasteiger partial charge in [0.15, 0.2) is 11.5 Å². The largest absolute Gasteiger partial charge is 0.493 e. The van der Waals surface area contributed by atoms with E-state index in [4.69, 9.17) is 14.6 Å². The Morgan fingerprint density at radius 1 is 1.25 bits per heavy atom. The van der Waals surface area contributed by atoms with Gasteiger partial charge in [-0.3, -0.25) is 0 Å². The quantitative estimate of drug-likeness (QED) is 0.842. The van der Waals surface area contributed by atoms with Gasteiger partial charge in [0.25, 0.3) is 0 Å². The van der Waals surface area contributed by atoms with Crippen LogP contribution in [0, 0.1) is 0 Å². The first-order valence-corrected chi connectivity index (χ1v) is 4.84. The molecule has 0 amide bonds. The zero-order chi connectivity index (χ0) is 11.7. The van der Waals surface area contributed by atoms with Crippen molar-refractivity contribution in [1.82, 2.24) is 0 Å². The first-order chi connectivity index (χ1) is 7.65. The summed E-state index contributed by atoms with van der Waals surface area (Å²) in [7, 11) is 3.12. The van der Waals surface area contributed by atoms with E-state index >= 15 is 0 Å². The maximum absolute atomic E-state index is 10.8. The van der Waals surface area contributed by atoms with Gasteiger partial charge >= 0.3 is 5.97 Å². The summed E-state index contributed by atoms with van der Waals surface area (Å²) in [5.74, 6) is 0.361. The third kappa shape index (κ3) is 1.62. The third-order valence-electron chi connectivity index (χ3n) is 2.63. The van der Waals surface area contributed by atoms with Crippen LogP contribution in [0.25, 0.3) is 6.08 Å². The zero-order valence-electron chi connectivity index (χ0n) is 9.11. The Labute approximate surface area is 93.1 Å². The van der Waals surface area contributed by atoms with Crippen molar-refractivity contribution < 1.29 is 19.4 Å². The van der Waals surface area contributed by atoms with E-state index in [-0.39, 0.29) is 0 Å². The highest BCUT2D eigenvalue weighted by molar-refractivity contribution is 5.95. The highest BCUT2D eigenvalue weighted by atomic mass is 16.5. The first kappa shape index (κ1) is 10.5. The number of hydrogen-bond acceptors (Lipinski definition) is 3. The van der Waals surface area contributed by atoms with Gasteiger partial charge in [0.05, 0.1) is 14.2 Å². The molecule has 0 spiro atoms. The van der Waals surface area contributed by atoms with Gasteiger partial charge in [0, 0.05) is 12.0 Å². The Kier molecular flexibility index (Phi) is 2.56. The van der Waals surface area contributed by atoms with E-state index in [0.717, 1.165) is 11.1 Å². The fraction of sp³-hybridized carbons (Fsp3) is 0.250. The van der Waals surface area contributed by atoms with Crippen molar-refractivity contribution in [1.29, 1.82) is 0 Å². The molecule has 1 aliphatic rings. The topological polar surface area (TPSA) is 55.8 Å². The fourth-order valence-corrected chi connectivity index (χ4v) is 1.81. The molecule has 0 heterocycles. The van der Waals surface area contributed by atoms with Gasteiger partial charge in [-0.15, -0.1) is 0 Å². The molecule has 0 radical (unpaired) electrons. The van der Waals surface area contributed by atoms with Gasteiger partial charge in [-0.05, 0) is 29.3 Å². The second-order valence-electron chi connectivity index (χ2n) is 3.56. The van der Waals surface area contributed by atoms with Crippen molar-refractivity contribution in [3.8, 4) is 11.5 Å². The van der Waals surface area contributed by atoms with E-state index in [2.05, 4.69) is 0 Å². The van der Waals surface area contributed by atoms with Gasteiger partial charge in [0.1, 0.15) is 0 Å². The molecule has 0 aliphatic heterocycles. The number of hydrogen-bond donors (Lipinski definition) is 1. The standard InChI is InChI=1S/C12H12O4/c1-15-10-5-7-3-9(12(13)14)4-8(7)6-11(10)16-2/h3,5-6H,4H2,1-2H3,(H,13,14). The number of fused-ring (bicyclic) bond motifs is 1. The van der Waals surface area contributed by atoms with Gasteiger partial charge in [-0.1, -0.05) is 0 Å². The van der Waals surface area contributed by atoms with Crippen LogP contribution in [0.2, 0.25) is 0 Å². The van der Waals surface area contributed by atoms with Crippen LogP contribution in [0.1, 0.15) is 11.1 Å². The van der Waals surface area contributed by atoms with Crippen LogP contribution in [0.5, 0.6) is 11.5 Å². The molecular formula is C12H12O4. The molecule has 2 rings (SSSR count). The summed E-state index contributed by atoms with van der Waals surface area (Å²) >= 11 is 0. The fourth-order valence-electron chi connectivity index (χ4n) is 1.81. The van der Waals surface area contributed by atoms with Crippen LogP contribution in [0.4, 0.5) is 0 Å². The molecular weight excluding hydrogens is 208 g/mol. The van der Waals surface area contributed by atoms with Crippen molar-refractivity contribution in [2.75, 3.05) is 14.2 Å². The molecule has 0 saturated heterocycles. The minimum Gasteiger partial charge on any atom is -0.493 e.